The molecule has 3 rings (SSSR count). The van der Waals surface area contributed by atoms with Crippen molar-refractivity contribution in [3.05, 3.63) is 24.3 Å². The van der Waals surface area contributed by atoms with Gasteiger partial charge < -0.3 is 100 Å². The minimum absolute atomic E-state index is 0.189. The van der Waals surface area contributed by atoms with Crippen LogP contribution in [0, 0.1) is 0 Å². The van der Waals surface area contributed by atoms with Crippen molar-refractivity contribution < 1.29 is 104 Å². The van der Waals surface area contributed by atoms with Gasteiger partial charge in [-0.2, -0.15) is 0 Å². The summed E-state index contributed by atoms with van der Waals surface area (Å²) in [7, 11) is 0. The lowest BCUT2D eigenvalue weighted by Gasteiger charge is -2.50. The quantitative estimate of drug-likeness (QED) is 0.0301. The maximum Gasteiger partial charge on any atom is 0.364 e. The van der Waals surface area contributed by atoms with Gasteiger partial charge in [-0.1, -0.05) is 179 Å². The number of hydrogen-bond acceptors (Lipinski definition) is 20. The van der Waals surface area contributed by atoms with Crippen LogP contribution in [0.5, 0.6) is 0 Å². The molecule has 0 saturated carbocycles. The summed E-state index contributed by atoms with van der Waals surface area (Å²) < 4.78 is 34.7. The third kappa shape index (κ3) is 27.5. The zero-order valence-electron chi connectivity index (χ0n) is 51.2. The van der Waals surface area contributed by atoms with Crippen LogP contribution >= 0.6 is 0 Å². The zero-order chi connectivity index (χ0) is 62.6. The van der Waals surface area contributed by atoms with Crippen molar-refractivity contribution in [1.29, 1.82) is 0 Å². The van der Waals surface area contributed by atoms with Gasteiger partial charge in [-0.25, -0.2) is 4.79 Å². The number of carbonyl (C=O) groups excluding carboxylic acids is 2. The van der Waals surface area contributed by atoms with Gasteiger partial charge in [0.25, 0.3) is 5.79 Å². The summed E-state index contributed by atoms with van der Waals surface area (Å²) in [5, 5.41) is 136. The van der Waals surface area contributed by atoms with E-state index in [-0.39, 0.29) is 12.3 Å². The number of aliphatic hydroxyl groups excluding tert-OH is 11. The molecular weight excluding hydrogens is 1110 g/mol. The van der Waals surface area contributed by atoms with E-state index in [4.69, 9.17) is 28.4 Å². The number of rotatable bonds is 47. The highest BCUT2D eigenvalue weighted by atomic mass is 16.8. The maximum absolute atomic E-state index is 13.3. The molecule has 23 heteroatoms. The molecule has 85 heavy (non-hydrogen) atoms. The summed E-state index contributed by atoms with van der Waals surface area (Å²) in [6.07, 6.45) is 11.0. The normalized spacial score (nSPS) is 29.7. The molecule has 0 spiro atoms. The fourth-order valence-corrected chi connectivity index (χ4v) is 11.2. The number of amides is 2. The number of carboxylic acids is 1. The van der Waals surface area contributed by atoms with Crippen molar-refractivity contribution in [1.82, 2.24) is 10.6 Å². The second-order valence-electron chi connectivity index (χ2n) is 23.6. The standard InChI is InChI=1S/C62H112N2O21/c1-4-6-8-10-12-14-16-17-18-19-20-21-22-23-24-26-27-29-31-33-35-44(69)43(64-49(72)36-34-32-30-28-25-15-13-11-9-7-5-2)41-80-59-54(76)53(75)56(48(40-67)82-59)83-60-55(77)58(52(74)47(39-66)81-60)85-62(61(78)79)37-45(70)50(63-42(3)68)57(84-62)51(73)46(71)38-65/h11,13,33,35,43-48,50-60,65-67,69-71,73-77H,4-10,12,14-32,34,36-41H2,1-3H3,(H,63,68)(H,64,72)(H,78,79)/b13-11-,35-33+. The van der Waals surface area contributed by atoms with Crippen LogP contribution in [0.1, 0.15) is 213 Å². The summed E-state index contributed by atoms with van der Waals surface area (Å²) in [4.78, 5) is 38.4. The molecule has 0 aromatic heterocycles. The largest absolute Gasteiger partial charge is 0.477 e. The van der Waals surface area contributed by atoms with E-state index in [1.54, 1.807) is 6.08 Å². The second kappa shape index (κ2) is 43.8. The van der Waals surface area contributed by atoms with Crippen molar-refractivity contribution in [2.24, 2.45) is 0 Å². The molecule has 3 aliphatic rings. The molecule has 3 fully saturated rings. The topological polar surface area (TPSA) is 373 Å². The van der Waals surface area contributed by atoms with Crippen molar-refractivity contribution >= 4 is 17.8 Å². The lowest BCUT2D eigenvalue weighted by molar-refractivity contribution is -0.386. The Bertz CT molecular complexity index is 1830. The molecule has 18 unspecified atom stereocenters. The van der Waals surface area contributed by atoms with Crippen molar-refractivity contribution in [2.45, 2.75) is 323 Å². The van der Waals surface area contributed by atoms with Crippen LogP contribution in [0.3, 0.4) is 0 Å². The molecule has 23 nitrogen and oxygen atoms in total. The Kier molecular flexibility index (Phi) is 39.4. The Hall–Kier alpha value is -2.79. The number of hydrogen-bond donors (Lipinski definition) is 14. The van der Waals surface area contributed by atoms with E-state index in [0.29, 0.717) is 12.8 Å². The summed E-state index contributed by atoms with van der Waals surface area (Å²) in [6, 6.07) is -2.62. The summed E-state index contributed by atoms with van der Waals surface area (Å²) in [6.45, 7) is 2.06. The third-order valence-electron chi connectivity index (χ3n) is 16.4. The Balaban J connectivity index is 1.63. The Labute approximate surface area is 504 Å². The Morgan fingerprint density at radius 1 is 0.612 bits per heavy atom. The monoisotopic (exact) mass is 1220 g/mol. The molecule has 2 amide bonds. The van der Waals surface area contributed by atoms with Crippen LogP contribution in [0.4, 0.5) is 0 Å². The summed E-state index contributed by atoms with van der Waals surface area (Å²) in [5.74, 6) is -6.16. The Morgan fingerprint density at radius 2 is 1.12 bits per heavy atom. The van der Waals surface area contributed by atoms with Gasteiger partial charge >= 0.3 is 5.97 Å². The van der Waals surface area contributed by atoms with Gasteiger partial charge in [-0.15, -0.1) is 0 Å². The molecule has 0 aromatic rings. The van der Waals surface area contributed by atoms with E-state index in [1.807, 2.05) is 6.08 Å². The molecule has 14 N–H and O–H groups in total. The maximum atomic E-state index is 13.3. The van der Waals surface area contributed by atoms with Gasteiger partial charge in [-0.05, 0) is 38.5 Å². The predicted molar refractivity (Wildman–Crippen MR) is 315 cm³/mol. The minimum Gasteiger partial charge on any atom is -0.477 e. The number of unbranched alkanes of at least 4 members (excludes halogenated alkanes) is 25. The highest BCUT2D eigenvalue weighted by Crippen LogP contribution is 2.38. The average Bonchev–Trinajstić information content (AvgIpc) is 2.35. The van der Waals surface area contributed by atoms with Gasteiger partial charge in [0.2, 0.25) is 11.8 Å². The summed E-state index contributed by atoms with van der Waals surface area (Å²) in [5.41, 5.74) is 0. The first-order chi connectivity index (χ1) is 40.9. The predicted octanol–water partition coefficient (Wildman–Crippen LogP) is 4.11. The smallest absolute Gasteiger partial charge is 0.364 e. The summed E-state index contributed by atoms with van der Waals surface area (Å²) >= 11 is 0. The molecule has 3 aliphatic heterocycles. The van der Waals surface area contributed by atoms with Crippen LogP contribution < -0.4 is 10.6 Å². The van der Waals surface area contributed by atoms with Crippen LogP contribution in [-0.2, 0) is 42.8 Å². The van der Waals surface area contributed by atoms with Crippen molar-refractivity contribution in [2.75, 3.05) is 26.4 Å². The molecule has 496 valence electrons. The van der Waals surface area contributed by atoms with Gasteiger partial charge in [0.1, 0.15) is 67.1 Å². The third-order valence-corrected chi connectivity index (χ3v) is 16.4. The van der Waals surface area contributed by atoms with Crippen LogP contribution in [0.25, 0.3) is 0 Å². The first-order valence-electron chi connectivity index (χ1n) is 32.2. The average molecular weight is 1220 g/mol. The number of aliphatic carboxylic acids is 1. The fraction of sp³-hybridized carbons (Fsp3) is 0.887. The van der Waals surface area contributed by atoms with E-state index in [1.165, 1.54) is 103 Å². The van der Waals surface area contributed by atoms with Gasteiger partial charge in [0.15, 0.2) is 12.6 Å². The SMILES string of the molecule is CCCC/C=C\CCCCCCCC(=O)NC(COC1OC(CO)C(OC2OC(CO)C(O)C(OC3(C(=O)O)CC(O)C(NC(C)=O)C(C(O)C(O)CO)O3)C2O)C(O)C1O)C(O)/C=C/CCCCCCCCCCCCCCCCCCCC. The van der Waals surface area contributed by atoms with Crippen LogP contribution in [0.15, 0.2) is 24.3 Å². The van der Waals surface area contributed by atoms with Crippen LogP contribution in [-0.4, -0.2) is 215 Å². The first-order valence-corrected chi connectivity index (χ1v) is 32.2. The lowest BCUT2D eigenvalue weighted by Crippen LogP contribution is -2.70. The van der Waals surface area contributed by atoms with Gasteiger partial charge in [0, 0.05) is 19.8 Å². The number of ether oxygens (including phenoxy) is 6. The highest BCUT2D eigenvalue weighted by molar-refractivity contribution is 5.77. The minimum atomic E-state index is -3.08. The zero-order valence-corrected chi connectivity index (χ0v) is 51.2. The number of carboxylic acid groups (broad SMARTS) is 1. The lowest BCUT2D eigenvalue weighted by atomic mass is 9.88. The molecule has 0 aromatic carbocycles. The molecule has 3 saturated heterocycles. The molecule has 0 bridgehead atoms. The fourth-order valence-electron chi connectivity index (χ4n) is 11.2. The second-order valence-corrected chi connectivity index (χ2v) is 23.6. The molecule has 0 aliphatic carbocycles. The van der Waals surface area contributed by atoms with Crippen LogP contribution in [0.2, 0.25) is 0 Å². The molecular formula is C62H112N2O21. The number of allylic oxidation sites excluding steroid dienone is 3. The van der Waals surface area contributed by atoms with E-state index in [9.17, 15) is 75.7 Å². The van der Waals surface area contributed by atoms with Gasteiger partial charge in [0.05, 0.1) is 50.7 Å². The molecule has 3 heterocycles. The van der Waals surface area contributed by atoms with Crippen molar-refractivity contribution in [3.63, 3.8) is 0 Å². The number of aliphatic hydroxyl groups is 11. The molecule has 18 atom stereocenters. The van der Waals surface area contributed by atoms with Gasteiger partial charge in [-0.3, -0.25) is 9.59 Å². The van der Waals surface area contributed by atoms with E-state index in [2.05, 4.69) is 36.6 Å². The number of nitrogens with one attached hydrogen (secondary N) is 2. The van der Waals surface area contributed by atoms with Crippen molar-refractivity contribution in [3.8, 4) is 0 Å². The highest BCUT2D eigenvalue weighted by Gasteiger charge is 2.60. The van der Waals surface area contributed by atoms with E-state index >= 15 is 0 Å². The molecule has 0 radical (unpaired) electrons. The first kappa shape index (κ1) is 76.5. The van der Waals surface area contributed by atoms with E-state index < -0.39 is 155 Å². The Morgan fingerprint density at radius 3 is 1.64 bits per heavy atom. The van der Waals surface area contributed by atoms with E-state index in [0.717, 1.165) is 71.1 Å². The number of carbonyl (C=O) groups is 3.